The molecule has 6 nitrogen and oxygen atoms in total. The molecule has 90 valence electrons. The molecular formula is C9H11BrO6. The van der Waals surface area contributed by atoms with Gasteiger partial charge in [-0.1, -0.05) is 15.9 Å². The Morgan fingerprint density at radius 3 is 2.69 bits per heavy atom. The van der Waals surface area contributed by atoms with Crippen molar-refractivity contribution in [3.63, 3.8) is 0 Å². The summed E-state index contributed by atoms with van der Waals surface area (Å²) in [7, 11) is 1.24. The summed E-state index contributed by atoms with van der Waals surface area (Å²) in [6.45, 7) is 1.23. The lowest BCUT2D eigenvalue weighted by atomic mass is 10.2. The standard InChI is InChI=1S/C9H11BrO6/c1-4(11)15-5(3-10)7-6(12)8(14-2)9(13)16-7/h5,7,12H,3H2,1-2H3/t5-,7+/m0/s1. The van der Waals surface area contributed by atoms with E-state index in [0.29, 0.717) is 0 Å². The summed E-state index contributed by atoms with van der Waals surface area (Å²) in [5.41, 5.74) is 0. The van der Waals surface area contributed by atoms with Gasteiger partial charge >= 0.3 is 11.9 Å². The van der Waals surface area contributed by atoms with E-state index in [2.05, 4.69) is 20.7 Å². The lowest BCUT2D eigenvalue weighted by Crippen LogP contribution is -2.34. The zero-order chi connectivity index (χ0) is 12.3. The van der Waals surface area contributed by atoms with Crippen LogP contribution in [0.25, 0.3) is 0 Å². The van der Waals surface area contributed by atoms with Gasteiger partial charge < -0.3 is 19.3 Å². The minimum atomic E-state index is -1.02. The third-order valence-electron chi connectivity index (χ3n) is 1.93. The molecule has 0 bridgehead atoms. The summed E-state index contributed by atoms with van der Waals surface area (Å²) in [6, 6.07) is 0. The van der Waals surface area contributed by atoms with Gasteiger partial charge in [-0.05, 0) is 0 Å². The van der Waals surface area contributed by atoms with Crippen molar-refractivity contribution in [1.82, 2.24) is 0 Å². The number of hydrogen-bond donors (Lipinski definition) is 1. The molecule has 0 amide bonds. The molecule has 1 heterocycles. The molecular weight excluding hydrogens is 284 g/mol. The number of rotatable bonds is 4. The second-order valence-corrected chi connectivity index (χ2v) is 3.69. The van der Waals surface area contributed by atoms with Crippen molar-refractivity contribution in [1.29, 1.82) is 0 Å². The average molecular weight is 295 g/mol. The third-order valence-corrected chi connectivity index (χ3v) is 2.57. The second-order valence-electron chi connectivity index (χ2n) is 3.05. The quantitative estimate of drug-likeness (QED) is 0.606. The van der Waals surface area contributed by atoms with E-state index in [1.54, 1.807) is 0 Å². The number of halogens is 1. The zero-order valence-electron chi connectivity index (χ0n) is 8.73. The van der Waals surface area contributed by atoms with Crippen LogP contribution in [-0.4, -0.2) is 41.7 Å². The molecule has 1 rings (SSSR count). The third kappa shape index (κ3) is 2.46. The highest BCUT2D eigenvalue weighted by atomic mass is 79.9. The molecule has 0 unspecified atom stereocenters. The Morgan fingerprint density at radius 1 is 1.69 bits per heavy atom. The highest BCUT2D eigenvalue weighted by molar-refractivity contribution is 9.09. The van der Waals surface area contributed by atoms with Crippen LogP contribution in [0.15, 0.2) is 11.5 Å². The van der Waals surface area contributed by atoms with Crippen molar-refractivity contribution in [3.05, 3.63) is 11.5 Å². The van der Waals surface area contributed by atoms with Gasteiger partial charge in [0.05, 0.1) is 7.11 Å². The topological polar surface area (TPSA) is 82.1 Å². The van der Waals surface area contributed by atoms with Crippen LogP contribution in [0.4, 0.5) is 0 Å². The Hall–Kier alpha value is -1.24. The number of hydrogen-bond acceptors (Lipinski definition) is 6. The van der Waals surface area contributed by atoms with Gasteiger partial charge in [-0.15, -0.1) is 0 Å². The van der Waals surface area contributed by atoms with Crippen LogP contribution in [0.2, 0.25) is 0 Å². The monoisotopic (exact) mass is 294 g/mol. The maximum Gasteiger partial charge on any atom is 0.378 e. The van der Waals surface area contributed by atoms with Gasteiger partial charge in [0, 0.05) is 12.3 Å². The summed E-state index contributed by atoms with van der Waals surface area (Å²) >= 11 is 3.10. The van der Waals surface area contributed by atoms with E-state index in [4.69, 9.17) is 9.47 Å². The molecule has 7 heteroatoms. The Labute approximate surface area is 100 Å². The van der Waals surface area contributed by atoms with Gasteiger partial charge in [-0.3, -0.25) is 4.79 Å². The molecule has 0 aliphatic carbocycles. The number of cyclic esters (lactones) is 1. The number of aliphatic hydroxyl groups is 1. The Bertz CT molecular complexity index is 337. The summed E-state index contributed by atoms with van der Waals surface area (Å²) in [5, 5.41) is 9.86. The molecule has 0 spiro atoms. The van der Waals surface area contributed by atoms with Crippen LogP contribution < -0.4 is 0 Å². The fourth-order valence-corrected chi connectivity index (χ4v) is 1.76. The summed E-state index contributed by atoms with van der Waals surface area (Å²) in [5.74, 6) is -1.93. The maximum absolute atomic E-state index is 11.2. The van der Waals surface area contributed by atoms with Crippen LogP contribution in [0, 0.1) is 0 Å². The van der Waals surface area contributed by atoms with Crippen LogP contribution in [0.5, 0.6) is 0 Å². The van der Waals surface area contributed by atoms with Crippen LogP contribution in [-0.2, 0) is 23.8 Å². The molecule has 1 aliphatic rings. The van der Waals surface area contributed by atoms with Crippen molar-refractivity contribution < 1.29 is 28.9 Å². The first-order chi connectivity index (χ1) is 7.51. The van der Waals surface area contributed by atoms with Gasteiger partial charge in [0.15, 0.2) is 11.9 Å². The lowest BCUT2D eigenvalue weighted by Gasteiger charge is -2.19. The van der Waals surface area contributed by atoms with Crippen molar-refractivity contribution >= 4 is 27.9 Å². The van der Waals surface area contributed by atoms with Crippen LogP contribution >= 0.6 is 15.9 Å². The lowest BCUT2D eigenvalue weighted by molar-refractivity contribution is -0.158. The summed E-state index contributed by atoms with van der Waals surface area (Å²) in [4.78, 5) is 22.0. The Morgan fingerprint density at radius 2 is 2.31 bits per heavy atom. The summed E-state index contributed by atoms with van der Waals surface area (Å²) in [6.07, 6.45) is -1.81. The number of ether oxygens (including phenoxy) is 3. The smallest absolute Gasteiger partial charge is 0.378 e. The predicted octanol–water partition coefficient (Wildman–Crippen LogP) is 0.654. The van der Waals surface area contributed by atoms with Crippen molar-refractivity contribution in [2.24, 2.45) is 0 Å². The summed E-state index contributed by atoms with van der Waals surface area (Å²) < 4.78 is 14.4. The van der Waals surface area contributed by atoms with Gasteiger partial charge in [0.25, 0.3) is 0 Å². The molecule has 0 fully saturated rings. The molecule has 1 N–H and O–H groups in total. The van der Waals surface area contributed by atoms with E-state index in [-0.39, 0.29) is 16.8 Å². The van der Waals surface area contributed by atoms with E-state index < -0.39 is 24.1 Å². The SMILES string of the molecule is COC1=C(O)[C@@H]([C@H](CBr)OC(C)=O)OC1=O. The second kappa shape index (κ2) is 5.20. The zero-order valence-corrected chi connectivity index (χ0v) is 10.3. The fourth-order valence-electron chi connectivity index (χ4n) is 1.29. The van der Waals surface area contributed by atoms with E-state index in [1.807, 2.05) is 0 Å². The largest absolute Gasteiger partial charge is 0.505 e. The maximum atomic E-state index is 11.2. The van der Waals surface area contributed by atoms with Crippen LogP contribution in [0.3, 0.4) is 0 Å². The van der Waals surface area contributed by atoms with Crippen molar-refractivity contribution in [3.8, 4) is 0 Å². The van der Waals surface area contributed by atoms with E-state index in [9.17, 15) is 14.7 Å². The van der Waals surface area contributed by atoms with Gasteiger partial charge in [0.1, 0.15) is 0 Å². The number of carbonyl (C=O) groups is 2. The first-order valence-corrected chi connectivity index (χ1v) is 5.54. The van der Waals surface area contributed by atoms with E-state index >= 15 is 0 Å². The van der Waals surface area contributed by atoms with Gasteiger partial charge in [0.2, 0.25) is 11.9 Å². The molecule has 0 aromatic heterocycles. The van der Waals surface area contributed by atoms with Crippen molar-refractivity contribution in [2.75, 3.05) is 12.4 Å². The van der Waals surface area contributed by atoms with Crippen molar-refractivity contribution in [2.45, 2.75) is 19.1 Å². The number of aliphatic hydroxyl groups excluding tert-OH is 1. The highest BCUT2D eigenvalue weighted by Gasteiger charge is 2.41. The van der Waals surface area contributed by atoms with E-state index in [0.717, 1.165) is 0 Å². The molecule has 0 saturated heterocycles. The number of methoxy groups -OCH3 is 1. The predicted molar refractivity (Wildman–Crippen MR) is 55.9 cm³/mol. The molecule has 0 radical (unpaired) electrons. The number of carbonyl (C=O) groups excluding carboxylic acids is 2. The first kappa shape index (κ1) is 12.8. The number of esters is 2. The van der Waals surface area contributed by atoms with Gasteiger partial charge in [-0.2, -0.15) is 0 Å². The van der Waals surface area contributed by atoms with Crippen LogP contribution in [0.1, 0.15) is 6.92 Å². The molecule has 2 atom stereocenters. The Kier molecular flexibility index (Phi) is 4.17. The Balaban J connectivity index is 2.85. The molecule has 0 aromatic rings. The number of alkyl halides is 1. The molecule has 0 aromatic carbocycles. The molecule has 1 aliphatic heterocycles. The minimum Gasteiger partial charge on any atom is -0.505 e. The fraction of sp³-hybridized carbons (Fsp3) is 0.556. The van der Waals surface area contributed by atoms with E-state index in [1.165, 1.54) is 14.0 Å². The molecule has 16 heavy (non-hydrogen) atoms. The highest BCUT2D eigenvalue weighted by Crippen LogP contribution is 2.25. The minimum absolute atomic E-state index is 0.228. The average Bonchev–Trinajstić information content (AvgIpc) is 2.50. The van der Waals surface area contributed by atoms with Gasteiger partial charge in [-0.25, -0.2) is 4.79 Å². The molecule has 0 saturated carbocycles. The normalized spacial score (nSPS) is 21.7. The first-order valence-electron chi connectivity index (χ1n) is 4.42.